The minimum Gasteiger partial charge on any atom is -0.356 e. The summed E-state index contributed by atoms with van der Waals surface area (Å²) in [4.78, 5) is 55.7. The Labute approximate surface area is 230 Å². The normalized spacial score (nSPS) is 15.9. The molecule has 10 nitrogen and oxygen atoms in total. The Kier molecular flexibility index (Phi) is 7.43. The number of carbonyl (C=O) groups excluding carboxylic acids is 4. The molecule has 4 aromatic rings. The summed E-state index contributed by atoms with van der Waals surface area (Å²) in [6.45, 7) is 3.11. The maximum Gasteiger partial charge on any atom is 0.258 e. The Morgan fingerprint density at radius 2 is 1.62 bits per heavy atom. The van der Waals surface area contributed by atoms with Gasteiger partial charge in [0, 0.05) is 16.5 Å². The number of likely N-dealkylation sites (N-methyl/N-ethyl adjacent to an activating group) is 1. The molecular formula is C30H29N5O5. The summed E-state index contributed by atoms with van der Waals surface area (Å²) in [6.07, 6.45) is 0. The zero-order chi connectivity index (χ0) is 28.4. The van der Waals surface area contributed by atoms with E-state index in [2.05, 4.69) is 15.8 Å². The van der Waals surface area contributed by atoms with Crippen molar-refractivity contribution in [3.63, 3.8) is 0 Å². The molecule has 0 fully saturated rings. The van der Waals surface area contributed by atoms with Gasteiger partial charge in [-0.05, 0) is 57.3 Å². The first-order valence-corrected chi connectivity index (χ1v) is 12.9. The Bertz CT molecular complexity index is 1600. The van der Waals surface area contributed by atoms with Crippen molar-refractivity contribution in [2.24, 2.45) is 0 Å². The Morgan fingerprint density at radius 3 is 2.33 bits per heavy atom. The summed E-state index contributed by atoms with van der Waals surface area (Å²) in [5, 5.41) is 10.7. The molecule has 204 valence electrons. The molecule has 1 aliphatic heterocycles. The van der Waals surface area contributed by atoms with Crippen LogP contribution in [0.25, 0.3) is 11.0 Å². The molecule has 2 heterocycles. The Hall–Kier alpha value is -4.83. The molecule has 2 unspecified atom stereocenters. The number of nitrogens with one attached hydrogen (secondary N) is 2. The van der Waals surface area contributed by atoms with Crippen molar-refractivity contribution >= 4 is 45.8 Å². The van der Waals surface area contributed by atoms with Gasteiger partial charge in [0.2, 0.25) is 5.91 Å². The van der Waals surface area contributed by atoms with Gasteiger partial charge in [0.25, 0.3) is 11.8 Å². The number of anilines is 2. The number of fused-ring (bicyclic) bond motifs is 2. The third-order valence-corrected chi connectivity index (χ3v) is 7.08. The van der Waals surface area contributed by atoms with Crippen molar-refractivity contribution in [3.8, 4) is 0 Å². The van der Waals surface area contributed by atoms with Gasteiger partial charge in [-0.2, -0.15) is 0 Å². The predicted molar refractivity (Wildman–Crippen MR) is 150 cm³/mol. The van der Waals surface area contributed by atoms with E-state index in [4.69, 9.17) is 4.52 Å². The topological polar surface area (TPSA) is 125 Å². The van der Waals surface area contributed by atoms with Crippen molar-refractivity contribution < 1.29 is 23.7 Å². The van der Waals surface area contributed by atoms with Gasteiger partial charge in [0.1, 0.15) is 11.7 Å². The van der Waals surface area contributed by atoms with Crippen LogP contribution in [0.15, 0.2) is 77.3 Å². The minimum absolute atomic E-state index is 0.0656. The average Bonchev–Trinajstić information content (AvgIpc) is 3.35. The molecule has 5 rings (SSSR count). The van der Waals surface area contributed by atoms with E-state index in [-0.39, 0.29) is 30.7 Å². The van der Waals surface area contributed by atoms with Gasteiger partial charge in [0.05, 0.1) is 30.5 Å². The van der Waals surface area contributed by atoms with Gasteiger partial charge in [0.15, 0.2) is 11.4 Å². The number of nitrogens with zero attached hydrogens (tertiary/aromatic N) is 3. The first-order valence-electron chi connectivity index (χ1n) is 12.9. The smallest absolute Gasteiger partial charge is 0.258 e. The molecule has 0 radical (unpaired) electrons. The lowest BCUT2D eigenvalue weighted by Gasteiger charge is -2.26. The highest BCUT2D eigenvalue weighted by Gasteiger charge is 2.38. The van der Waals surface area contributed by atoms with Gasteiger partial charge in [-0.1, -0.05) is 41.6 Å². The fourth-order valence-corrected chi connectivity index (χ4v) is 4.68. The number of carbonyl (C=O) groups is 4. The van der Waals surface area contributed by atoms with Gasteiger partial charge < -0.3 is 25.0 Å². The maximum absolute atomic E-state index is 14.1. The molecule has 40 heavy (non-hydrogen) atoms. The molecule has 10 heteroatoms. The molecule has 0 saturated carbocycles. The molecule has 1 aliphatic rings. The first-order chi connectivity index (χ1) is 19.3. The van der Waals surface area contributed by atoms with Crippen LogP contribution in [0.1, 0.15) is 40.3 Å². The number of rotatable bonds is 7. The standard InChI is InChI=1S/C30H29N5O5/c1-18(31-3)28(37)32-24-17-34(29(38)21-14-12-20(13-15-21)19(2)36)25-9-5-6-10-26(25)35(30(24)39)16-23-22-8-4-7-11-27(22)40-33-23/h4-15,18,24,31H,16-17H2,1-3H3,(H,32,37). The third-order valence-electron chi connectivity index (χ3n) is 7.08. The van der Waals surface area contributed by atoms with E-state index in [0.717, 1.165) is 5.39 Å². The number of hydrogen-bond donors (Lipinski definition) is 2. The van der Waals surface area contributed by atoms with Crippen LogP contribution in [0.5, 0.6) is 0 Å². The predicted octanol–water partition coefficient (Wildman–Crippen LogP) is 3.32. The molecule has 0 spiro atoms. The molecule has 2 atom stereocenters. The minimum atomic E-state index is -1.05. The molecule has 2 N–H and O–H groups in total. The maximum atomic E-state index is 14.1. The van der Waals surface area contributed by atoms with E-state index in [1.807, 2.05) is 18.2 Å². The second-order valence-electron chi connectivity index (χ2n) is 9.66. The second-order valence-corrected chi connectivity index (χ2v) is 9.66. The van der Waals surface area contributed by atoms with Crippen molar-refractivity contribution in [3.05, 3.63) is 89.6 Å². The zero-order valence-corrected chi connectivity index (χ0v) is 22.4. The SMILES string of the molecule is CNC(C)C(=O)NC1CN(C(=O)c2ccc(C(C)=O)cc2)c2ccccc2N(Cc2noc3ccccc23)C1=O. The molecule has 0 saturated heterocycles. The summed E-state index contributed by atoms with van der Waals surface area (Å²) < 4.78 is 5.47. The lowest BCUT2D eigenvalue weighted by atomic mass is 10.1. The number of para-hydroxylation sites is 3. The van der Waals surface area contributed by atoms with Crippen LogP contribution in [0.4, 0.5) is 11.4 Å². The van der Waals surface area contributed by atoms with Crippen LogP contribution < -0.4 is 20.4 Å². The number of benzene rings is 3. The number of ketones is 1. The highest BCUT2D eigenvalue weighted by Crippen LogP contribution is 2.35. The molecule has 1 aromatic heterocycles. The Morgan fingerprint density at radius 1 is 0.975 bits per heavy atom. The van der Waals surface area contributed by atoms with E-state index in [1.165, 1.54) is 16.7 Å². The Balaban J connectivity index is 1.58. The van der Waals surface area contributed by atoms with Crippen molar-refractivity contribution in [1.82, 2.24) is 15.8 Å². The van der Waals surface area contributed by atoms with Crippen molar-refractivity contribution in [1.29, 1.82) is 0 Å². The van der Waals surface area contributed by atoms with E-state index in [0.29, 0.717) is 33.8 Å². The van der Waals surface area contributed by atoms with Crippen LogP contribution in [-0.2, 0) is 16.1 Å². The third kappa shape index (κ3) is 5.08. The van der Waals surface area contributed by atoms with Gasteiger partial charge >= 0.3 is 0 Å². The van der Waals surface area contributed by atoms with E-state index in [9.17, 15) is 19.2 Å². The lowest BCUT2D eigenvalue weighted by Crippen LogP contribution is -2.55. The van der Waals surface area contributed by atoms with E-state index >= 15 is 0 Å². The fourth-order valence-electron chi connectivity index (χ4n) is 4.68. The monoisotopic (exact) mass is 539 g/mol. The zero-order valence-electron chi connectivity index (χ0n) is 22.4. The van der Waals surface area contributed by atoms with Crippen LogP contribution >= 0.6 is 0 Å². The van der Waals surface area contributed by atoms with Crippen LogP contribution in [0.2, 0.25) is 0 Å². The van der Waals surface area contributed by atoms with Gasteiger partial charge in [-0.3, -0.25) is 19.2 Å². The van der Waals surface area contributed by atoms with Crippen LogP contribution in [-0.4, -0.2) is 54.3 Å². The van der Waals surface area contributed by atoms with Crippen molar-refractivity contribution in [2.75, 3.05) is 23.4 Å². The molecule has 3 amide bonds. The summed E-state index contributed by atoms with van der Waals surface area (Å²) in [7, 11) is 1.65. The van der Waals surface area contributed by atoms with Gasteiger partial charge in [-0.15, -0.1) is 0 Å². The molecule has 3 aromatic carbocycles. The average molecular weight is 540 g/mol. The van der Waals surface area contributed by atoms with E-state index in [1.54, 1.807) is 68.6 Å². The fraction of sp³-hybridized carbons (Fsp3) is 0.233. The number of amides is 3. The summed E-state index contributed by atoms with van der Waals surface area (Å²) in [6, 6.07) is 19.2. The highest BCUT2D eigenvalue weighted by molar-refractivity contribution is 6.13. The molecular weight excluding hydrogens is 510 g/mol. The molecule has 0 aliphatic carbocycles. The second kappa shape index (κ2) is 11.1. The van der Waals surface area contributed by atoms with E-state index < -0.39 is 18.0 Å². The van der Waals surface area contributed by atoms with Crippen LogP contribution in [0, 0.1) is 0 Å². The quantitative estimate of drug-likeness (QED) is 0.345. The number of hydrogen-bond acceptors (Lipinski definition) is 7. The van der Waals surface area contributed by atoms with Crippen molar-refractivity contribution in [2.45, 2.75) is 32.5 Å². The highest BCUT2D eigenvalue weighted by atomic mass is 16.5. The number of Topliss-reactive ketones (excluding diaryl/α,β-unsaturated/α-hetero) is 1. The summed E-state index contributed by atoms with van der Waals surface area (Å²) >= 11 is 0. The first kappa shape index (κ1) is 26.8. The molecule has 0 bridgehead atoms. The number of aromatic nitrogens is 1. The largest absolute Gasteiger partial charge is 0.356 e. The van der Waals surface area contributed by atoms with Crippen LogP contribution in [0.3, 0.4) is 0 Å². The lowest BCUT2D eigenvalue weighted by molar-refractivity contribution is -0.128. The summed E-state index contributed by atoms with van der Waals surface area (Å²) in [5.41, 5.74) is 2.96. The van der Waals surface area contributed by atoms with Gasteiger partial charge in [-0.25, -0.2) is 0 Å². The summed E-state index contributed by atoms with van der Waals surface area (Å²) in [5.74, 6) is -1.25.